The molecule has 0 fully saturated rings. The molecule has 1 amide bonds. The number of aromatic hydroxyl groups is 1. The van der Waals surface area contributed by atoms with E-state index in [2.05, 4.69) is 5.32 Å². The van der Waals surface area contributed by atoms with Gasteiger partial charge in [0.05, 0.1) is 15.6 Å². The lowest BCUT2D eigenvalue weighted by Crippen LogP contribution is -2.06. The summed E-state index contributed by atoms with van der Waals surface area (Å²) >= 11 is 11.6. The van der Waals surface area contributed by atoms with Crippen molar-refractivity contribution in [1.82, 2.24) is 0 Å². The maximum Gasteiger partial charge on any atom is 0.416 e. The van der Waals surface area contributed by atoms with E-state index in [4.69, 9.17) is 23.2 Å². The molecule has 1 heterocycles. The molecule has 1 aliphatic rings. The first kappa shape index (κ1) is 16.7. The fourth-order valence-electron chi connectivity index (χ4n) is 2.35. The minimum absolute atomic E-state index is 0.000368. The molecule has 2 aromatic carbocycles. The van der Waals surface area contributed by atoms with Crippen LogP contribution in [0.15, 0.2) is 30.3 Å². The number of nitrogens with one attached hydrogen (secondary N) is 1. The molecular formula is C16H8Cl2F3NO2. The Morgan fingerprint density at radius 1 is 1.08 bits per heavy atom. The minimum atomic E-state index is -4.50. The molecule has 24 heavy (non-hydrogen) atoms. The van der Waals surface area contributed by atoms with Gasteiger partial charge in [-0.25, -0.2) is 0 Å². The van der Waals surface area contributed by atoms with Crippen LogP contribution in [0.4, 0.5) is 18.9 Å². The summed E-state index contributed by atoms with van der Waals surface area (Å²) in [6.45, 7) is 0. The highest BCUT2D eigenvalue weighted by Gasteiger charge is 2.33. The van der Waals surface area contributed by atoms with Crippen molar-refractivity contribution in [2.45, 2.75) is 6.18 Å². The third-order valence-corrected chi connectivity index (χ3v) is 4.06. The fraction of sp³-hybridized carbons (Fsp3) is 0.0625. The highest BCUT2D eigenvalue weighted by molar-refractivity contribution is 6.38. The number of carbonyl (C=O) groups excluding carboxylic acids is 1. The van der Waals surface area contributed by atoms with E-state index in [1.54, 1.807) is 0 Å². The first-order chi connectivity index (χ1) is 11.2. The van der Waals surface area contributed by atoms with Gasteiger partial charge in [0.1, 0.15) is 0 Å². The second kappa shape index (κ2) is 5.72. The predicted molar refractivity (Wildman–Crippen MR) is 86.1 cm³/mol. The summed E-state index contributed by atoms with van der Waals surface area (Å²) in [5, 5.41) is 11.9. The van der Waals surface area contributed by atoms with E-state index >= 15 is 0 Å². The van der Waals surface area contributed by atoms with Gasteiger partial charge in [-0.3, -0.25) is 4.79 Å². The maximum atomic E-state index is 12.7. The number of hydrogen-bond acceptors (Lipinski definition) is 2. The second-order valence-electron chi connectivity index (χ2n) is 5.10. The molecule has 0 aromatic heterocycles. The summed E-state index contributed by atoms with van der Waals surface area (Å²) in [5.41, 5.74) is 0.182. The number of rotatable bonds is 1. The maximum absolute atomic E-state index is 12.7. The standard InChI is InChI=1S/C16H8Cl2F3NO2/c17-11-4-7(5-12(18)14(11)23)3-10-9-2-1-8(16(19,20)21)6-13(9)22-15(10)24/h1-6,23H,(H,22,24)/b10-3-. The zero-order valence-corrected chi connectivity index (χ0v) is 13.2. The smallest absolute Gasteiger partial charge is 0.416 e. The molecule has 0 saturated heterocycles. The lowest BCUT2D eigenvalue weighted by Gasteiger charge is -2.08. The minimum Gasteiger partial charge on any atom is -0.505 e. The molecule has 0 atom stereocenters. The van der Waals surface area contributed by atoms with E-state index < -0.39 is 17.6 Å². The van der Waals surface area contributed by atoms with E-state index in [-0.39, 0.29) is 27.1 Å². The van der Waals surface area contributed by atoms with E-state index in [0.29, 0.717) is 11.1 Å². The Bertz CT molecular complexity index is 868. The Morgan fingerprint density at radius 3 is 2.29 bits per heavy atom. The third-order valence-electron chi connectivity index (χ3n) is 3.48. The van der Waals surface area contributed by atoms with E-state index in [1.165, 1.54) is 24.3 Å². The zero-order valence-electron chi connectivity index (χ0n) is 11.7. The summed E-state index contributed by atoms with van der Waals surface area (Å²) in [6.07, 6.45) is -3.06. The first-order valence-corrected chi connectivity index (χ1v) is 7.35. The topological polar surface area (TPSA) is 49.3 Å². The number of carbonyl (C=O) groups is 1. The highest BCUT2D eigenvalue weighted by Crippen LogP contribution is 2.39. The summed E-state index contributed by atoms with van der Waals surface area (Å²) in [6, 6.07) is 5.80. The number of benzene rings is 2. The van der Waals surface area contributed by atoms with Crippen molar-refractivity contribution >= 4 is 46.4 Å². The van der Waals surface area contributed by atoms with E-state index in [0.717, 1.165) is 12.1 Å². The van der Waals surface area contributed by atoms with Gasteiger partial charge in [0, 0.05) is 16.8 Å². The molecule has 2 N–H and O–H groups in total. The van der Waals surface area contributed by atoms with Gasteiger partial charge in [0.25, 0.3) is 5.91 Å². The Kier molecular flexibility index (Phi) is 3.97. The predicted octanol–water partition coefficient (Wildman–Crippen LogP) is 5.21. The van der Waals surface area contributed by atoms with E-state index in [9.17, 15) is 23.1 Å². The number of fused-ring (bicyclic) bond motifs is 1. The average molecular weight is 374 g/mol. The van der Waals surface area contributed by atoms with E-state index in [1.807, 2.05) is 0 Å². The molecule has 0 spiro atoms. The molecule has 2 aromatic rings. The summed E-state index contributed by atoms with van der Waals surface area (Å²) in [5.74, 6) is -0.823. The van der Waals surface area contributed by atoms with Gasteiger partial charge in [-0.15, -0.1) is 0 Å². The molecule has 0 radical (unpaired) electrons. The molecule has 0 aliphatic carbocycles. The van der Waals surface area contributed by atoms with Crippen LogP contribution in [0.1, 0.15) is 16.7 Å². The van der Waals surface area contributed by atoms with Crippen LogP contribution in [0.2, 0.25) is 10.0 Å². The van der Waals surface area contributed by atoms with Crippen LogP contribution in [0.25, 0.3) is 11.6 Å². The van der Waals surface area contributed by atoms with Crippen molar-refractivity contribution in [3.63, 3.8) is 0 Å². The monoisotopic (exact) mass is 373 g/mol. The van der Waals surface area contributed by atoms with Crippen molar-refractivity contribution in [3.05, 3.63) is 57.1 Å². The molecule has 124 valence electrons. The number of phenolic OH excluding ortho intramolecular Hbond substituents is 1. The van der Waals surface area contributed by atoms with Crippen molar-refractivity contribution in [2.75, 3.05) is 5.32 Å². The van der Waals surface area contributed by atoms with Crippen LogP contribution in [-0.4, -0.2) is 11.0 Å². The van der Waals surface area contributed by atoms with Gasteiger partial charge >= 0.3 is 6.18 Å². The average Bonchev–Trinajstić information content (AvgIpc) is 2.79. The van der Waals surface area contributed by atoms with Crippen molar-refractivity contribution in [1.29, 1.82) is 0 Å². The van der Waals surface area contributed by atoms with Crippen LogP contribution in [0.3, 0.4) is 0 Å². The largest absolute Gasteiger partial charge is 0.505 e. The normalized spacial score (nSPS) is 15.5. The van der Waals surface area contributed by atoms with Crippen LogP contribution in [0, 0.1) is 0 Å². The molecule has 8 heteroatoms. The Balaban J connectivity index is 2.07. The van der Waals surface area contributed by atoms with Gasteiger partial charge in [0.2, 0.25) is 0 Å². The van der Waals surface area contributed by atoms with Gasteiger partial charge in [-0.2, -0.15) is 13.2 Å². The summed E-state index contributed by atoms with van der Waals surface area (Å²) in [4.78, 5) is 12.1. The molecular weight excluding hydrogens is 366 g/mol. The second-order valence-corrected chi connectivity index (χ2v) is 5.92. The molecule has 0 saturated carbocycles. The van der Waals surface area contributed by atoms with Gasteiger partial charge in [-0.05, 0) is 35.9 Å². The lowest BCUT2D eigenvalue weighted by molar-refractivity contribution is -0.137. The molecule has 3 nitrogen and oxygen atoms in total. The molecule has 0 bridgehead atoms. The van der Waals surface area contributed by atoms with Crippen LogP contribution in [-0.2, 0) is 11.0 Å². The van der Waals surface area contributed by atoms with Crippen LogP contribution >= 0.6 is 23.2 Å². The summed E-state index contributed by atoms with van der Waals surface area (Å²) in [7, 11) is 0. The number of amides is 1. The van der Waals surface area contributed by atoms with Gasteiger partial charge in [-0.1, -0.05) is 29.3 Å². The first-order valence-electron chi connectivity index (χ1n) is 6.59. The van der Waals surface area contributed by atoms with Crippen molar-refractivity contribution < 1.29 is 23.1 Å². The number of phenols is 1. The van der Waals surface area contributed by atoms with Crippen LogP contribution < -0.4 is 5.32 Å². The zero-order chi connectivity index (χ0) is 17.6. The highest BCUT2D eigenvalue weighted by atomic mass is 35.5. The van der Waals surface area contributed by atoms with Crippen molar-refractivity contribution in [3.8, 4) is 5.75 Å². The molecule has 1 aliphatic heterocycles. The van der Waals surface area contributed by atoms with Gasteiger partial charge < -0.3 is 10.4 Å². The summed E-state index contributed by atoms with van der Waals surface area (Å²) < 4.78 is 38.2. The molecule has 0 unspecified atom stereocenters. The van der Waals surface area contributed by atoms with Gasteiger partial charge in [0.15, 0.2) is 5.75 Å². The number of halogens is 5. The number of hydrogen-bond donors (Lipinski definition) is 2. The lowest BCUT2D eigenvalue weighted by atomic mass is 10.0. The molecule has 3 rings (SSSR count). The Hall–Kier alpha value is -2.18. The SMILES string of the molecule is O=C1Nc2cc(C(F)(F)F)ccc2/C1=C/c1cc(Cl)c(O)c(Cl)c1. The fourth-order valence-corrected chi connectivity index (χ4v) is 2.85. The Labute approximate surface area is 144 Å². The van der Waals surface area contributed by atoms with Crippen molar-refractivity contribution in [2.24, 2.45) is 0 Å². The quantitative estimate of drug-likeness (QED) is 0.674. The number of alkyl halides is 3. The number of anilines is 1. The third kappa shape index (κ3) is 2.95. The Morgan fingerprint density at radius 2 is 1.71 bits per heavy atom. The van der Waals surface area contributed by atoms with Crippen LogP contribution in [0.5, 0.6) is 5.75 Å².